The predicted octanol–water partition coefficient (Wildman–Crippen LogP) is 3.34. The first-order chi connectivity index (χ1) is 9.16. The number of hydrogen-bond acceptors (Lipinski definition) is 1. The zero-order valence-electron chi connectivity index (χ0n) is 10.4. The summed E-state index contributed by atoms with van der Waals surface area (Å²) < 4.78 is 14.6. The van der Waals surface area contributed by atoms with Crippen molar-refractivity contribution in [3.8, 4) is 11.1 Å². The molecule has 2 aromatic carbocycles. The number of rotatable bonds is 1. The van der Waals surface area contributed by atoms with E-state index in [4.69, 9.17) is 0 Å². The zero-order chi connectivity index (χ0) is 13.4. The third kappa shape index (κ3) is 1.93. The summed E-state index contributed by atoms with van der Waals surface area (Å²) in [7, 11) is 1.75. The van der Waals surface area contributed by atoms with Crippen molar-refractivity contribution < 1.29 is 4.39 Å². The molecule has 0 atom stereocenters. The van der Waals surface area contributed by atoms with Gasteiger partial charge in [-0.2, -0.15) is 0 Å². The first-order valence-electron chi connectivity index (χ1n) is 6.01. The van der Waals surface area contributed by atoms with Crippen LogP contribution in [0.5, 0.6) is 0 Å². The molecule has 3 heteroatoms. The Labute approximate surface area is 109 Å². The Balaban J connectivity index is 2.33. The maximum absolute atomic E-state index is 13.0. The van der Waals surface area contributed by atoms with E-state index in [1.165, 1.54) is 12.1 Å². The van der Waals surface area contributed by atoms with Crippen LogP contribution in [-0.2, 0) is 7.05 Å². The molecule has 0 bridgehead atoms. The molecule has 0 saturated carbocycles. The third-order valence-corrected chi connectivity index (χ3v) is 3.29. The van der Waals surface area contributed by atoms with Crippen LogP contribution in [-0.4, -0.2) is 4.57 Å². The molecule has 0 aliphatic rings. The average Bonchev–Trinajstić information content (AvgIpc) is 2.44. The SMILES string of the molecule is Cn1c(=O)c(-c2ccc(F)cc2)cc2ccccc21. The van der Waals surface area contributed by atoms with Crippen LogP contribution < -0.4 is 5.56 Å². The van der Waals surface area contributed by atoms with Gasteiger partial charge in [0, 0.05) is 12.6 Å². The second kappa shape index (κ2) is 4.35. The van der Waals surface area contributed by atoms with Gasteiger partial charge in [-0.1, -0.05) is 30.3 Å². The lowest BCUT2D eigenvalue weighted by Gasteiger charge is -2.08. The summed E-state index contributed by atoms with van der Waals surface area (Å²) in [5.74, 6) is -0.304. The van der Waals surface area contributed by atoms with Crippen molar-refractivity contribution in [3.05, 3.63) is 70.8 Å². The number of halogens is 1. The number of hydrogen-bond donors (Lipinski definition) is 0. The molecule has 0 radical (unpaired) electrons. The molecule has 3 aromatic rings. The van der Waals surface area contributed by atoms with E-state index in [1.807, 2.05) is 30.3 Å². The Morgan fingerprint density at radius 2 is 1.68 bits per heavy atom. The highest BCUT2D eigenvalue weighted by atomic mass is 19.1. The van der Waals surface area contributed by atoms with Crippen molar-refractivity contribution in [2.75, 3.05) is 0 Å². The van der Waals surface area contributed by atoms with Gasteiger partial charge in [-0.25, -0.2) is 4.39 Å². The highest BCUT2D eigenvalue weighted by Crippen LogP contribution is 2.20. The number of aryl methyl sites for hydroxylation is 1. The van der Waals surface area contributed by atoms with Gasteiger partial charge in [0.25, 0.3) is 5.56 Å². The molecule has 2 nitrogen and oxygen atoms in total. The lowest BCUT2D eigenvalue weighted by Crippen LogP contribution is -2.18. The van der Waals surface area contributed by atoms with E-state index >= 15 is 0 Å². The van der Waals surface area contributed by atoms with Gasteiger partial charge in [-0.3, -0.25) is 4.79 Å². The second-order valence-electron chi connectivity index (χ2n) is 4.49. The first-order valence-corrected chi connectivity index (χ1v) is 6.01. The Bertz CT molecular complexity index is 803. The zero-order valence-corrected chi connectivity index (χ0v) is 10.4. The fraction of sp³-hybridized carbons (Fsp3) is 0.0625. The summed E-state index contributed by atoms with van der Waals surface area (Å²) in [5.41, 5.74) is 2.12. The van der Waals surface area contributed by atoms with Gasteiger partial charge in [0.1, 0.15) is 5.82 Å². The van der Waals surface area contributed by atoms with Gasteiger partial charge in [0.15, 0.2) is 0 Å². The molecule has 19 heavy (non-hydrogen) atoms. The van der Waals surface area contributed by atoms with E-state index in [0.29, 0.717) is 5.56 Å². The minimum absolute atomic E-state index is 0.0784. The molecule has 0 aliphatic carbocycles. The number of benzene rings is 2. The molecule has 0 amide bonds. The minimum atomic E-state index is -0.304. The maximum Gasteiger partial charge on any atom is 0.258 e. The molecule has 1 aromatic heterocycles. The normalized spacial score (nSPS) is 10.8. The van der Waals surface area contributed by atoms with Gasteiger partial charge < -0.3 is 4.57 Å². The van der Waals surface area contributed by atoms with E-state index < -0.39 is 0 Å². The third-order valence-electron chi connectivity index (χ3n) is 3.29. The summed E-state index contributed by atoms with van der Waals surface area (Å²) in [6, 6.07) is 15.5. The summed E-state index contributed by atoms with van der Waals surface area (Å²) in [4.78, 5) is 12.3. The van der Waals surface area contributed by atoms with Crippen LogP contribution in [0.25, 0.3) is 22.0 Å². The van der Waals surface area contributed by atoms with Crippen molar-refractivity contribution in [2.24, 2.45) is 7.05 Å². The monoisotopic (exact) mass is 253 g/mol. The van der Waals surface area contributed by atoms with Gasteiger partial charge >= 0.3 is 0 Å². The Morgan fingerprint density at radius 3 is 2.42 bits per heavy atom. The maximum atomic E-state index is 13.0. The summed E-state index contributed by atoms with van der Waals surface area (Å²) in [6.45, 7) is 0. The molecular formula is C16H12FNO. The van der Waals surface area contributed by atoms with Crippen molar-refractivity contribution in [1.82, 2.24) is 4.57 Å². The average molecular weight is 253 g/mol. The standard InChI is InChI=1S/C16H12FNO/c1-18-15-5-3-2-4-12(15)10-14(16(18)19)11-6-8-13(17)9-7-11/h2-10H,1H3. The van der Waals surface area contributed by atoms with Crippen LogP contribution in [0.1, 0.15) is 0 Å². The molecule has 0 aliphatic heterocycles. The largest absolute Gasteiger partial charge is 0.311 e. The van der Waals surface area contributed by atoms with E-state index in [0.717, 1.165) is 16.5 Å². The van der Waals surface area contributed by atoms with Crippen molar-refractivity contribution in [2.45, 2.75) is 0 Å². The molecule has 3 rings (SSSR count). The minimum Gasteiger partial charge on any atom is -0.311 e. The highest BCUT2D eigenvalue weighted by molar-refractivity contribution is 5.84. The van der Waals surface area contributed by atoms with E-state index in [1.54, 1.807) is 23.7 Å². The lowest BCUT2D eigenvalue weighted by molar-refractivity contribution is 0.628. The molecule has 0 N–H and O–H groups in total. The van der Waals surface area contributed by atoms with Gasteiger partial charge in [0.05, 0.1) is 5.52 Å². The van der Waals surface area contributed by atoms with Gasteiger partial charge in [0.2, 0.25) is 0 Å². The van der Waals surface area contributed by atoms with Crippen LogP contribution >= 0.6 is 0 Å². The van der Waals surface area contributed by atoms with Crippen LogP contribution in [0.15, 0.2) is 59.4 Å². The quantitative estimate of drug-likeness (QED) is 0.652. The Morgan fingerprint density at radius 1 is 1.00 bits per heavy atom. The molecular weight excluding hydrogens is 241 g/mol. The topological polar surface area (TPSA) is 22.0 Å². The van der Waals surface area contributed by atoms with Crippen molar-refractivity contribution in [1.29, 1.82) is 0 Å². The first kappa shape index (κ1) is 11.7. The van der Waals surface area contributed by atoms with Crippen LogP contribution in [0, 0.1) is 5.82 Å². The number of nitrogens with zero attached hydrogens (tertiary/aromatic N) is 1. The molecule has 0 spiro atoms. The number of para-hydroxylation sites is 1. The number of aromatic nitrogens is 1. The van der Waals surface area contributed by atoms with Gasteiger partial charge in [-0.05, 0) is 35.2 Å². The number of fused-ring (bicyclic) bond motifs is 1. The van der Waals surface area contributed by atoms with E-state index in [2.05, 4.69) is 0 Å². The summed E-state index contributed by atoms with van der Waals surface area (Å²) >= 11 is 0. The second-order valence-corrected chi connectivity index (χ2v) is 4.49. The van der Waals surface area contributed by atoms with Crippen LogP contribution in [0.4, 0.5) is 4.39 Å². The Kier molecular flexibility index (Phi) is 2.67. The number of pyridine rings is 1. The van der Waals surface area contributed by atoms with Crippen molar-refractivity contribution >= 4 is 10.9 Å². The molecule has 0 fully saturated rings. The van der Waals surface area contributed by atoms with E-state index in [9.17, 15) is 9.18 Å². The lowest BCUT2D eigenvalue weighted by atomic mass is 10.0. The molecule has 94 valence electrons. The van der Waals surface area contributed by atoms with Crippen LogP contribution in [0.2, 0.25) is 0 Å². The molecule has 0 unspecified atom stereocenters. The fourth-order valence-electron chi connectivity index (χ4n) is 2.26. The van der Waals surface area contributed by atoms with Gasteiger partial charge in [-0.15, -0.1) is 0 Å². The predicted molar refractivity (Wildman–Crippen MR) is 74.6 cm³/mol. The molecule has 0 saturated heterocycles. The van der Waals surface area contributed by atoms with E-state index in [-0.39, 0.29) is 11.4 Å². The molecule has 1 heterocycles. The Hall–Kier alpha value is -2.42. The van der Waals surface area contributed by atoms with Crippen LogP contribution in [0.3, 0.4) is 0 Å². The summed E-state index contributed by atoms with van der Waals surface area (Å²) in [5, 5.41) is 0.990. The summed E-state index contributed by atoms with van der Waals surface area (Å²) in [6.07, 6.45) is 0. The van der Waals surface area contributed by atoms with Crippen molar-refractivity contribution in [3.63, 3.8) is 0 Å². The smallest absolute Gasteiger partial charge is 0.258 e. The highest BCUT2D eigenvalue weighted by Gasteiger charge is 2.08. The fourth-order valence-corrected chi connectivity index (χ4v) is 2.26.